The quantitative estimate of drug-likeness (QED) is 0.539. The Labute approximate surface area is 112 Å². The highest BCUT2D eigenvalue weighted by molar-refractivity contribution is 6.08. The summed E-state index contributed by atoms with van der Waals surface area (Å²) in [5.41, 5.74) is 0. The van der Waals surface area contributed by atoms with Crippen molar-refractivity contribution in [2.45, 2.75) is 38.8 Å². The second-order valence-corrected chi connectivity index (χ2v) is 5.46. The summed E-state index contributed by atoms with van der Waals surface area (Å²) >= 11 is 0. The van der Waals surface area contributed by atoms with E-state index in [0.717, 1.165) is 0 Å². The molecular formula is C13H20N2O4. The molecule has 2 aliphatic rings. The normalized spacial score (nSPS) is 26.6. The summed E-state index contributed by atoms with van der Waals surface area (Å²) in [7, 11) is 1.33. The molecule has 6 nitrogen and oxygen atoms in total. The van der Waals surface area contributed by atoms with Gasteiger partial charge in [-0.15, -0.1) is 0 Å². The lowest BCUT2D eigenvalue weighted by Gasteiger charge is -2.22. The first-order chi connectivity index (χ1) is 8.95. The Balaban J connectivity index is 1.90. The molecule has 0 radical (unpaired) electrons. The zero-order chi connectivity index (χ0) is 14.2. The molecule has 1 saturated heterocycles. The molecule has 0 aromatic carbocycles. The second-order valence-electron chi connectivity index (χ2n) is 5.46. The van der Waals surface area contributed by atoms with Gasteiger partial charge in [-0.25, -0.2) is 0 Å². The van der Waals surface area contributed by atoms with Crippen molar-refractivity contribution in [2.75, 3.05) is 13.7 Å². The second kappa shape index (κ2) is 5.28. The molecule has 6 heteroatoms. The van der Waals surface area contributed by atoms with E-state index in [1.54, 1.807) is 0 Å². The third-order valence-corrected chi connectivity index (χ3v) is 3.62. The van der Waals surface area contributed by atoms with E-state index in [1.165, 1.54) is 12.0 Å². The summed E-state index contributed by atoms with van der Waals surface area (Å²) in [6.07, 6.45) is 1.10. The van der Waals surface area contributed by atoms with Crippen LogP contribution in [0.1, 0.15) is 26.7 Å². The Morgan fingerprint density at radius 3 is 2.42 bits per heavy atom. The summed E-state index contributed by atoms with van der Waals surface area (Å²) in [4.78, 5) is 36.5. The highest BCUT2D eigenvalue weighted by Gasteiger charge is 2.58. The smallest absolute Gasteiger partial charge is 0.322 e. The minimum Gasteiger partial charge on any atom is -0.468 e. The molecule has 19 heavy (non-hydrogen) atoms. The topological polar surface area (TPSA) is 75.7 Å². The predicted octanol–water partition coefficient (Wildman–Crippen LogP) is -0.0790. The minimum atomic E-state index is -0.484. The molecule has 1 N–H and O–H groups in total. The van der Waals surface area contributed by atoms with Gasteiger partial charge in [0.15, 0.2) is 0 Å². The van der Waals surface area contributed by atoms with E-state index in [4.69, 9.17) is 4.74 Å². The molecule has 1 aliphatic carbocycles. The Morgan fingerprint density at radius 1 is 1.37 bits per heavy atom. The van der Waals surface area contributed by atoms with Gasteiger partial charge in [-0.2, -0.15) is 0 Å². The maximum absolute atomic E-state index is 11.8. The Hall–Kier alpha value is -1.43. The van der Waals surface area contributed by atoms with E-state index in [-0.39, 0.29) is 42.2 Å². The number of ether oxygens (including phenoxy) is 1. The lowest BCUT2D eigenvalue weighted by molar-refractivity contribution is -0.146. The third kappa shape index (κ3) is 2.78. The van der Waals surface area contributed by atoms with Gasteiger partial charge in [-0.3, -0.25) is 19.3 Å². The van der Waals surface area contributed by atoms with Crippen molar-refractivity contribution in [1.29, 1.82) is 0 Å². The van der Waals surface area contributed by atoms with Crippen LogP contribution in [0.2, 0.25) is 0 Å². The van der Waals surface area contributed by atoms with E-state index in [9.17, 15) is 14.4 Å². The van der Waals surface area contributed by atoms with E-state index in [1.807, 2.05) is 13.8 Å². The number of likely N-dealkylation sites (tertiary alicyclic amines) is 1. The van der Waals surface area contributed by atoms with Crippen LogP contribution in [0.25, 0.3) is 0 Å². The first-order valence-corrected chi connectivity index (χ1v) is 6.64. The molecule has 1 aliphatic heterocycles. The van der Waals surface area contributed by atoms with Crippen LogP contribution in [0.4, 0.5) is 0 Å². The van der Waals surface area contributed by atoms with Crippen molar-refractivity contribution in [3.8, 4) is 0 Å². The molecule has 1 heterocycles. The fourth-order valence-corrected chi connectivity index (χ4v) is 2.54. The summed E-state index contributed by atoms with van der Waals surface area (Å²) < 4.78 is 4.72. The number of carbonyl (C=O) groups excluding carboxylic acids is 3. The maximum atomic E-state index is 11.8. The van der Waals surface area contributed by atoms with Crippen LogP contribution in [0, 0.1) is 11.8 Å². The number of hydrogen-bond acceptors (Lipinski definition) is 5. The minimum absolute atomic E-state index is 0.0804. The van der Waals surface area contributed by atoms with Gasteiger partial charge in [0.2, 0.25) is 11.8 Å². The number of fused-ring (bicyclic) bond motifs is 1. The first-order valence-electron chi connectivity index (χ1n) is 6.64. The first kappa shape index (κ1) is 14.0. The molecule has 106 valence electrons. The number of carbonyl (C=O) groups is 3. The van der Waals surface area contributed by atoms with E-state index >= 15 is 0 Å². The van der Waals surface area contributed by atoms with Crippen molar-refractivity contribution < 1.29 is 19.1 Å². The molecular weight excluding hydrogens is 248 g/mol. The SMILES string of the molecule is COC(=O)C(CCN1C(=O)C2CC2C1=O)NC(C)C. The van der Waals surface area contributed by atoms with Gasteiger partial charge in [0.05, 0.1) is 18.9 Å². The van der Waals surface area contributed by atoms with Gasteiger partial charge in [0, 0.05) is 12.6 Å². The number of esters is 1. The molecule has 1 saturated carbocycles. The van der Waals surface area contributed by atoms with Crippen molar-refractivity contribution in [3.05, 3.63) is 0 Å². The molecule has 3 unspecified atom stereocenters. The van der Waals surface area contributed by atoms with E-state index in [2.05, 4.69) is 5.32 Å². The van der Waals surface area contributed by atoms with Crippen LogP contribution in [0.3, 0.4) is 0 Å². The van der Waals surface area contributed by atoms with Gasteiger partial charge < -0.3 is 10.1 Å². The largest absolute Gasteiger partial charge is 0.468 e. The zero-order valence-electron chi connectivity index (χ0n) is 11.5. The Bertz CT molecular complexity index is 387. The monoisotopic (exact) mass is 268 g/mol. The molecule has 2 rings (SSSR count). The molecule has 0 bridgehead atoms. The average Bonchev–Trinajstić information content (AvgIpc) is 3.11. The Morgan fingerprint density at radius 2 is 1.95 bits per heavy atom. The fourth-order valence-electron chi connectivity index (χ4n) is 2.54. The summed E-state index contributed by atoms with van der Waals surface area (Å²) in [6, 6.07) is -0.356. The number of piperidine rings is 1. The molecule has 0 spiro atoms. The maximum Gasteiger partial charge on any atom is 0.322 e. The summed E-state index contributed by atoms with van der Waals surface area (Å²) in [5, 5.41) is 3.08. The van der Waals surface area contributed by atoms with Crippen molar-refractivity contribution in [2.24, 2.45) is 11.8 Å². The number of nitrogens with zero attached hydrogens (tertiary/aromatic N) is 1. The van der Waals surface area contributed by atoms with Crippen LogP contribution in [-0.2, 0) is 19.1 Å². The highest BCUT2D eigenvalue weighted by Crippen LogP contribution is 2.46. The van der Waals surface area contributed by atoms with Crippen LogP contribution in [0.15, 0.2) is 0 Å². The average molecular weight is 268 g/mol. The summed E-state index contributed by atoms with van der Waals surface area (Å²) in [6.45, 7) is 4.14. The zero-order valence-corrected chi connectivity index (χ0v) is 11.5. The van der Waals surface area contributed by atoms with Gasteiger partial charge in [0.1, 0.15) is 6.04 Å². The van der Waals surface area contributed by atoms with Crippen LogP contribution < -0.4 is 5.32 Å². The van der Waals surface area contributed by atoms with Crippen LogP contribution in [0.5, 0.6) is 0 Å². The number of hydrogen-bond donors (Lipinski definition) is 1. The van der Waals surface area contributed by atoms with Gasteiger partial charge in [-0.05, 0) is 12.8 Å². The highest BCUT2D eigenvalue weighted by atomic mass is 16.5. The lowest BCUT2D eigenvalue weighted by atomic mass is 10.1. The molecule has 2 fully saturated rings. The lowest BCUT2D eigenvalue weighted by Crippen LogP contribution is -2.45. The number of rotatable bonds is 6. The standard InChI is InChI=1S/C13H20N2O4/c1-7(2)14-10(13(18)19-3)4-5-15-11(16)8-6-9(8)12(15)17/h7-10,14H,4-6H2,1-3H3. The van der Waals surface area contributed by atoms with Gasteiger partial charge in [0.25, 0.3) is 0 Å². The molecule has 2 amide bonds. The van der Waals surface area contributed by atoms with Gasteiger partial charge in [-0.1, -0.05) is 13.8 Å². The van der Waals surface area contributed by atoms with E-state index in [0.29, 0.717) is 12.8 Å². The number of nitrogens with one attached hydrogen (secondary N) is 1. The third-order valence-electron chi connectivity index (χ3n) is 3.62. The predicted molar refractivity (Wildman–Crippen MR) is 67.0 cm³/mol. The van der Waals surface area contributed by atoms with Crippen LogP contribution >= 0.6 is 0 Å². The van der Waals surface area contributed by atoms with Crippen LogP contribution in [-0.4, -0.2) is 48.4 Å². The van der Waals surface area contributed by atoms with Crippen molar-refractivity contribution in [1.82, 2.24) is 10.2 Å². The number of methoxy groups -OCH3 is 1. The molecule has 3 atom stereocenters. The number of imide groups is 1. The van der Waals surface area contributed by atoms with Crippen molar-refractivity contribution >= 4 is 17.8 Å². The van der Waals surface area contributed by atoms with Gasteiger partial charge >= 0.3 is 5.97 Å². The molecule has 0 aromatic heterocycles. The molecule has 0 aromatic rings. The van der Waals surface area contributed by atoms with Crippen molar-refractivity contribution in [3.63, 3.8) is 0 Å². The Kier molecular flexibility index (Phi) is 3.89. The van der Waals surface area contributed by atoms with E-state index < -0.39 is 6.04 Å². The summed E-state index contributed by atoms with van der Waals surface area (Å²) in [5.74, 6) is -0.687. The fraction of sp³-hybridized carbons (Fsp3) is 0.769. The number of amides is 2.